The molecule has 0 aliphatic rings. The third kappa shape index (κ3) is 5.74. The zero-order valence-corrected chi connectivity index (χ0v) is 30.9. The van der Waals surface area contributed by atoms with Crippen LogP contribution in [0.4, 0.5) is 0 Å². The van der Waals surface area contributed by atoms with E-state index in [-0.39, 0.29) is 0 Å². The fraction of sp³-hybridized carbons (Fsp3) is 0. The van der Waals surface area contributed by atoms with Gasteiger partial charge in [0.15, 0.2) is 17.5 Å². The van der Waals surface area contributed by atoms with Gasteiger partial charge in [-0.15, -0.1) is 0 Å². The highest BCUT2D eigenvalue weighted by Gasteiger charge is 2.19. The summed E-state index contributed by atoms with van der Waals surface area (Å²) in [6, 6.07) is 73.0. The van der Waals surface area contributed by atoms with Crippen molar-refractivity contribution in [3.05, 3.63) is 206 Å². The van der Waals surface area contributed by atoms with Gasteiger partial charge in [-0.3, -0.25) is 0 Å². The molecule has 0 aliphatic carbocycles. The Morgan fingerprint density at radius 3 is 1.47 bits per heavy atom. The minimum absolute atomic E-state index is 0.637. The highest BCUT2D eigenvalue weighted by atomic mass is 15.0. The lowest BCUT2D eigenvalue weighted by Crippen LogP contribution is -2.00. The number of rotatable bonds is 6. The molecule has 2 aromatic heterocycles. The molecule has 2 heterocycles. The van der Waals surface area contributed by atoms with Crippen LogP contribution in [0, 0.1) is 0 Å². The monoisotopic (exact) mass is 726 g/mol. The topological polar surface area (TPSA) is 43.6 Å². The van der Waals surface area contributed by atoms with Crippen molar-refractivity contribution in [2.45, 2.75) is 0 Å². The second-order valence-electron chi connectivity index (χ2n) is 14.4. The first-order valence-corrected chi connectivity index (χ1v) is 19.3. The summed E-state index contributed by atoms with van der Waals surface area (Å²) in [6.45, 7) is 0. The van der Waals surface area contributed by atoms with Gasteiger partial charge in [0.2, 0.25) is 0 Å². The normalized spacial score (nSPS) is 11.5. The lowest BCUT2D eigenvalue weighted by atomic mass is 9.94. The molecule has 0 atom stereocenters. The summed E-state index contributed by atoms with van der Waals surface area (Å²) in [5, 5.41) is 7.21. The molecule has 0 bridgehead atoms. The maximum atomic E-state index is 5.04. The Morgan fingerprint density at radius 1 is 0.298 bits per heavy atom. The molecule has 0 aliphatic heterocycles. The van der Waals surface area contributed by atoms with Crippen molar-refractivity contribution in [3.8, 4) is 62.1 Å². The predicted octanol–water partition coefficient (Wildman–Crippen LogP) is 13.6. The Balaban J connectivity index is 1.15. The zero-order valence-electron chi connectivity index (χ0n) is 30.9. The van der Waals surface area contributed by atoms with Crippen molar-refractivity contribution < 1.29 is 0 Å². The molecule has 0 amide bonds. The first-order chi connectivity index (χ1) is 28.2. The van der Waals surface area contributed by atoms with Gasteiger partial charge in [-0.05, 0) is 74.1 Å². The van der Waals surface area contributed by atoms with Gasteiger partial charge in [0.1, 0.15) is 0 Å². The van der Waals surface area contributed by atoms with E-state index in [1.165, 1.54) is 49.3 Å². The molecular weight excluding hydrogens is 693 g/mol. The average molecular weight is 727 g/mol. The van der Waals surface area contributed by atoms with Gasteiger partial charge >= 0.3 is 0 Å². The molecule has 9 aromatic carbocycles. The maximum absolute atomic E-state index is 5.04. The summed E-state index contributed by atoms with van der Waals surface area (Å²) in [5.74, 6) is 1.93. The van der Waals surface area contributed by atoms with Crippen molar-refractivity contribution in [2.24, 2.45) is 0 Å². The summed E-state index contributed by atoms with van der Waals surface area (Å²) in [6.07, 6.45) is 0. The van der Waals surface area contributed by atoms with E-state index in [0.717, 1.165) is 38.7 Å². The molecule has 57 heavy (non-hydrogen) atoms. The molecule has 11 rings (SSSR count). The number of hydrogen-bond donors (Lipinski definition) is 0. The van der Waals surface area contributed by atoms with Gasteiger partial charge in [-0.2, -0.15) is 0 Å². The summed E-state index contributed by atoms with van der Waals surface area (Å²) in [7, 11) is 0. The van der Waals surface area contributed by atoms with Crippen molar-refractivity contribution in [2.75, 3.05) is 0 Å². The van der Waals surface area contributed by atoms with Crippen molar-refractivity contribution in [1.82, 2.24) is 19.5 Å². The molecule has 0 unspecified atom stereocenters. The maximum Gasteiger partial charge on any atom is 0.164 e. The average Bonchev–Trinajstić information content (AvgIpc) is 3.63. The third-order valence-electron chi connectivity index (χ3n) is 11.0. The second kappa shape index (κ2) is 13.6. The van der Waals surface area contributed by atoms with E-state index < -0.39 is 0 Å². The Morgan fingerprint density at radius 2 is 0.825 bits per heavy atom. The van der Waals surface area contributed by atoms with Crippen LogP contribution in [-0.2, 0) is 0 Å². The van der Waals surface area contributed by atoms with E-state index in [1.807, 2.05) is 60.7 Å². The molecule has 0 saturated heterocycles. The number of hydrogen-bond acceptors (Lipinski definition) is 3. The molecule has 0 saturated carbocycles. The van der Waals surface area contributed by atoms with Gasteiger partial charge in [0.05, 0.1) is 11.0 Å². The SMILES string of the molecule is c1ccc(-c2ccc3c4c5ccccc5c(-c5ccccc5)cc4n(-c4ccc5ccc(-c6nc(-c7ccccc7)nc(-c7ccccc7)n6)cc5c4)c3c2)cc1. The molecule has 0 N–H and O–H groups in total. The van der Waals surface area contributed by atoms with Gasteiger partial charge in [0, 0.05) is 33.2 Å². The molecule has 0 spiro atoms. The quantitative estimate of drug-likeness (QED) is 0.171. The number of benzene rings is 9. The summed E-state index contributed by atoms with van der Waals surface area (Å²) < 4.78 is 2.45. The van der Waals surface area contributed by atoms with Crippen LogP contribution >= 0.6 is 0 Å². The van der Waals surface area contributed by atoms with Crippen molar-refractivity contribution in [3.63, 3.8) is 0 Å². The van der Waals surface area contributed by atoms with Crippen LogP contribution in [0.2, 0.25) is 0 Å². The summed E-state index contributed by atoms with van der Waals surface area (Å²) >= 11 is 0. The number of nitrogens with zero attached hydrogens (tertiary/aromatic N) is 4. The highest BCUT2D eigenvalue weighted by molar-refractivity contribution is 6.24. The summed E-state index contributed by atoms with van der Waals surface area (Å²) in [5.41, 5.74) is 11.0. The summed E-state index contributed by atoms with van der Waals surface area (Å²) in [4.78, 5) is 15.0. The van der Waals surface area contributed by atoms with E-state index >= 15 is 0 Å². The first-order valence-electron chi connectivity index (χ1n) is 19.3. The molecule has 0 fully saturated rings. The van der Waals surface area contributed by atoms with Crippen LogP contribution in [0.15, 0.2) is 206 Å². The minimum atomic E-state index is 0.637. The Labute approximate surface area is 330 Å². The molecule has 0 radical (unpaired) electrons. The van der Waals surface area contributed by atoms with Crippen LogP contribution in [0.5, 0.6) is 0 Å². The van der Waals surface area contributed by atoms with Gasteiger partial charge in [0.25, 0.3) is 0 Å². The van der Waals surface area contributed by atoms with E-state index in [2.05, 4.69) is 150 Å². The highest BCUT2D eigenvalue weighted by Crippen LogP contribution is 2.43. The molecular formula is C53H34N4. The van der Waals surface area contributed by atoms with Gasteiger partial charge in [-0.1, -0.05) is 176 Å². The van der Waals surface area contributed by atoms with Crippen LogP contribution in [0.1, 0.15) is 0 Å². The van der Waals surface area contributed by atoms with Crippen LogP contribution < -0.4 is 0 Å². The lowest BCUT2D eigenvalue weighted by molar-refractivity contribution is 1.07. The lowest BCUT2D eigenvalue weighted by Gasteiger charge is -2.13. The zero-order chi connectivity index (χ0) is 37.7. The van der Waals surface area contributed by atoms with E-state index in [9.17, 15) is 0 Å². The smallest absolute Gasteiger partial charge is 0.164 e. The van der Waals surface area contributed by atoms with Gasteiger partial charge in [-0.25, -0.2) is 15.0 Å². The molecule has 4 nitrogen and oxygen atoms in total. The van der Waals surface area contributed by atoms with Crippen molar-refractivity contribution >= 4 is 43.4 Å². The van der Waals surface area contributed by atoms with Gasteiger partial charge < -0.3 is 4.57 Å². The van der Waals surface area contributed by atoms with Crippen LogP contribution in [0.3, 0.4) is 0 Å². The molecule has 266 valence electrons. The number of aromatic nitrogens is 4. The Bertz CT molecular complexity index is 3210. The van der Waals surface area contributed by atoms with E-state index in [1.54, 1.807) is 0 Å². The fourth-order valence-electron chi connectivity index (χ4n) is 8.27. The standard InChI is InChI=1S/C53H34N4/c1-5-15-35(16-6-1)40-28-30-46-48(33-40)57(49-34-47(37-17-7-2-8-18-37)44-23-13-14-24-45(44)50(46)49)43-29-27-36-25-26-41(31-42(36)32-43)53-55-51(38-19-9-3-10-20-38)54-52(56-53)39-21-11-4-12-22-39/h1-34H. The predicted molar refractivity (Wildman–Crippen MR) is 236 cm³/mol. The minimum Gasteiger partial charge on any atom is -0.309 e. The van der Waals surface area contributed by atoms with E-state index in [4.69, 9.17) is 15.0 Å². The van der Waals surface area contributed by atoms with Crippen LogP contribution in [-0.4, -0.2) is 19.5 Å². The molecule has 4 heteroatoms. The van der Waals surface area contributed by atoms with Crippen LogP contribution in [0.25, 0.3) is 105 Å². The Hall–Kier alpha value is -7.69. The van der Waals surface area contributed by atoms with E-state index in [0.29, 0.717) is 17.5 Å². The first kappa shape index (κ1) is 32.7. The largest absolute Gasteiger partial charge is 0.309 e. The Kier molecular flexibility index (Phi) is 7.78. The van der Waals surface area contributed by atoms with Crippen molar-refractivity contribution in [1.29, 1.82) is 0 Å². The third-order valence-corrected chi connectivity index (χ3v) is 11.0. The fourth-order valence-corrected chi connectivity index (χ4v) is 8.27. The second-order valence-corrected chi connectivity index (χ2v) is 14.4. The number of fused-ring (bicyclic) bond motifs is 6. The molecule has 11 aromatic rings.